The summed E-state index contributed by atoms with van der Waals surface area (Å²) in [4.78, 5) is 30.0. The first-order chi connectivity index (χ1) is 14.1. The Morgan fingerprint density at radius 1 is 1.17 bits per heavy atom. The summed E-state index contributed by atoms with van der Waals surface area (Å²) in [6.45, 7) is 3.43. The van der Waals surface area contributed by atoms with Crippen molar-refractivity contribution in [2.24, 2.45) is 0 Å². The lowest BCUT2D eigenvalue weighted by atomic mass is 10.2. The zero-order valence-electron chi connectivity index (χ0n) is 16.2. The Bertz CT molecular complexity index is 1010. The molecule has 3 rings (SSSR count). The zero-order chi connectivity index (χ0) is 20.6. The highest BCUT2D eigenvalue weighted by molar-refractivity contribution is 7.17. The predicted octanol–water partition coefficient (Wildman–Crippen LogP) is 4.93. The van der Waals surface area contributed by atoms with Crippen molar-refractivity contribution in [2.45, 2.75) is 39.2 Å². The van der Waals surface area contributed by atoms with E-state index in [0.29, 0.717) is 40.6 Å². The SMILES string of the molecule is CCCCOC(=O)c1csc2ncn(CCCCOc3ccc(Cl)cc3)c(=O)c12. The molecule has 0 aliphatic heterocycles. The molecule has 154 valence electrons. The number of esters is 1. The van der Waals surface area contributed by atoms with Crippen LogP contribution in [-0.2, 0) is 11.3 Å². The molecular formula is C21H23ClN2O4S. The standard InChI is InChI=1S/C21H23ClN2O4S/c1-2-3-11-28-21(26)17-13-29-19-18(17)20(25)24(14-23-19)10-4-5-12-27-16-8-6-15(22)7-9-16/h6-9,13-14H,2-5,10-12H2,1H3. The molecule has 0 saturated carbocycles. The van der Waals surface area contributed by atoms with E-state index in [1.807, 2.05) is 19.1 Å². The zero-order valence-corrected chi connectivity index (χ0v) is 17.8. The van der Waals surface area contributed by atoms with Crippen LogP contribution in [0, 0.1) is 0 Å². The number of fused-ring (bicyclic) bond motifs is 1. The van der Waals surface area contributed by atoms with Gasteiger partial charge < -0.3 is 9.47 Å². The Kier molecular flexibility index (Phi) is 7.66. The van der Waals surface area contributed by atoms with Crippen LogP contribution in [0.25, 0.3) is 10.2 Å². The summed E-state index contributed by atoms with van der Waals surface area (Å²) < 4.78 is 12.5. The van der Waals surface area contributed by atoms with Gasteiger partial charge in [0.1, 0.15) is 10.6 Å². The number of aromatic nitrogens is 2. The molecule has 0 amide bonds. The van der Waals surface area contributed by atoms with Gasteiger partial charge in [-0.05, 0) is 43.5 Å². The molecule has 8 heteroatoms. The van der Waals surface area contributed by atoms with Crippen molar-refractivity contribution in [1.82, 2.24) is 9.55 Å². The fraction of sp³-hybridized carbons (Fsp3) is 0.381. The van der Waals surface area contributed by atoms with Gasteiger partial charge in [0.05, 0.1) is 30.5 Å². The van der Waals surface area contributed by atoms with Gasteiger partial charge in [0.15, 0.2) is 0 Å². The number of unbranched alkanes of at least 4 members (excludes halogenated alkanes) is 2. The fourth-order valence-electron chi connectivity index (χ4n) is 2.77. The molecule has 6 nitrogen and oxygen atoms in total. The third-order valence-corrected chi connectivity index (χ3v) is 5.53. The Hall–Kier alpha value is -2.38. The molecule has 0 spiro atoms. The molecule has 0 aliphatic rings. The molecule has 0 saturated heterocycles. The van der Waals surface area contributed by atoms with Crippen molar-refractivity contribution >= 4 is 39.1 Å². The lowest BCUT2D eigenvalue weighted by Gasteiger charge is -2.08. The van der Waals surface area contributed by atoms with Gasteiger partial charge in [-0.2, -0.15) is 0 Å². The van der Waals surface area contributed by atoms with Crippen LogP contribution in [0.2, 0.25) is 5.02 Å². The smallest absolute Gasteiger partial charge is 0.339 e. The summed E-state index contributed by atoms with van der Waals surface area (Å²) in [5, 5.41) is 2.66. The number of aryl methyl sites for hydroxylation is 1. The number of nitrogens with zero attached hydrogens (tertiary/aromatic N) is 2. The minimum atomic E-state index is -0.460. The molecule has 1 aromatic carbocycles. The number of carbonyl (C=O) groups is 1. The maximum Gasteiger partial charge on any atom is 0.339 e. The van der Waals surface area contributed by atoms with Crippen molar-refractivity contribution in [1.29, 1.82) is 0 Å². The Morgan fingerprint density at radius 3 is 2.72 bits per heavy atom. The maximum absolute atomic E-state index is 12.8. The molecule has 0 unspecified atom stereocenters. The van der Waals surface area contributed by atoms with Crippen molar-refractivity contribution in [3.05, 3.63) is 56.9 Å². The van der Waals surface area contributed by atoms with E-state index in [0.717, 1.165) is 31.4 Å². The van der Waals surface area contributed by atoms with E-state index in [4.69, 9.17) is 21.1 Å². The Balaban J connectivity index is 1.59. The summed E-state index contributed by atoms with van der Waals surface area (Å²) in [6.07, 6.45) is 4.80. The molecular weight excluding hydrogens is 412 g/mol. The summed E-state index contributed by atoms with van der Waals surface area (Å²) in [7, 11) is 0. The topological polar surface area (TPSA) is 70.4 Å². The Morgan fingerprint density at radius 2 is 1.97 bits per heavy atom. The van der Waals surface area contributed by atoms with Gasteiger partial charge in [-0.3, -0.25) is 9.36 Å². The largest absolute Gasteiger partial charge is 0.494 e. The summed E-state index contributed by atoms with van der Waals surface area (Å²) in [5.41, 5.74) is 0.0938. The van der Waals surface area contributed by atoms with Gasteiger partial charge in [0.25, 0.3) is 5.56 Å². The first-order valence-electron chi connectivity index (χ1n) is 9.62. The van der Waals surface area contributed by atoms with Crippen LogP contribution in [0.3, 0.4) is 0 Å². The summed E-state index contributed by atoms with van der Waals surface area (Å²) in [6, 6.07) is 7.21. The maximum atomic E-state index is 12.8. The number of halogens is 1. The van der Waals surface area contributed by atoms with E-state index in [9.17, 15) is 9.59 Å². The highest BCUT2D eigenvalue weighted by Gasteiger charge is 2.18. The van der Waals surface area contributed by atoms with E-state index in [2.05, 4.69) is 4.98 Å². The number of rotatable bonds is 10. The molecule has 0 aliphatic carbocycles. The molecule has 0 atom stereocenters. The van der Waals surface area contributed by atoms with E-state index in [-0.39, 0.29) is 5.56 Å². The average molecular weight is 435 g/mol. The van der Waals surface area contributed by atoms with Crippen LogP contribution < -0.4 is 10.3 Å². The number of thiophene rings is 1. The molecule has 29 heavy (non-hydrogen) atoms. The molecule has 0 bridgehead atoms. The lowest BCUT2D eigenvalue weighted by Crippen LogP contribution is -2.22. The van der Waals surface area contributed by atoms with Crippen molar-refractivity contribution in [2.75, 3.05) is 13.2 Å². The van der Waals surface area contributed by atoms with E-state index >= 15 is 0 Å². The van der Waals surface area contributed by atoms with E-state index < -0.39 is 5.97 Å². The van der Waals surface area contributed by atoms with Crippen LogP contribution >= 0.6 is 22.9 Å². The molecule has 0 N–H and O–H groups in total. The normalized spacial score (nSPS) is 11.0. The molecule has 2 aromatic heterocycles. The average Bonchev–Trinajstić information content (AvgIpc) is 3.16. The van der Waals surface area contributed by atoms with Crippen molar-refractivity contribution < 1.29 is 14.3 Å². The number of ether oxygens (including phenoxy) is 2. The van der Waals surface area contributed by atoms with Crippen LogP contribution in [-0.4, -0.2) is 28.7 Å². The first-order valence-corrected chi connectivity index (χ1v) is 10.9. The van der Waals surface area contributed by atoms with Crippen LogP contribution in [0.5, 0.6) is 5.75 Å². The molecule has 0 radical (unpaired) electrons. The van der Waals surface area contributed by atoms with Crippen LogP contribution in [0.1, 0.15) is 43.0 Å². The number of hydrogen-bond acceptors (Lipinski definition) is 6. The minimum absolute atomic E-state index is 0.211. The lowest BCUT2D eigenvalue weighted by molar-refractivity contribution is 0.0502. The number of carbonyl (C=O) groups excluding carboxylic acids is 1. The minimum Gasteiger partial charge on any atom is -0.494 e. The van der Waals surface area contributed by atoms with Gasteiger partial charge in [-0.15, -0.1) is 11.3 Å². The van der Waals surface area contributed by atoms with Crippen molar-refractivity contribution in [3.63, 3.8) is 0 Å². The molecule has 0 fully saturated rings. The highest BCUT2D eigenvalue weighted by Crippen LogP contribution is 2.22. The summed E-state index contributed by atoms with van der Waals surface area (Å²) in [5.74, 6) is 0.303. The summed E-state index contributed by atoms with van der Waals surface area (Å²) >= 11 is 7.13. The Labute approximate surface area is 178 Å². The fourth-order valence-corrected chi connectivity index (χ4v) is 3.76. The highest BCUT2D eigenvalue weighted by atomic mass is 35.5. The van der Waals surface area contributed by atoms with Gasteiger partial charge in [0, 0.05) is 16.9 Å². The van der Waals surface area contributed by atoms with Gasteiger partial charge >= 0.3 is 5.97 Å². The quantitative estimate of drug-likeness (QED) is 0.334. The molecule has 2 heterocycles. The van der Waals surface area contributed by atoms with Crippen LogP contribution in [0.4, 0.5) is 0 Å². The monoisotopic (exact) mass is 434 g/mol. The van der Waals surface area contributed by atoms with E-state index in [1.54, 1.807) is 22.1 Å². The van der Waals surface area contributed by atoms with Crippen LogP contribution in [0.15, 0.2) is 40.8 Å². The van der Waals surface area contributed by atoms with E-state index in [1.165, 1.54) is 17.7 Å². The third kappa shape index (κ3) is 5.58. The third-order valence-electron chi connectivity index (χ3n) is 4.39. The van der Waals surface area contributed by atoms with Gasteiger partial charge in [0.2, 0.25) is 0 Å². The second-order valence-electron chi connectivity index (χ2n) is 6.57. The number of benzene rings is 1. The van der Waals surface area contributed by atoms with Gasteiger partial charge in [-0.1, -0.05) is 24.9 Å². The predicted molar refractivity (Wildman–Crippen MR) is 115 cm³/mol. The van der Waals surface area contributed by atoms with Gasteiger partial charge in [-0.25, -0.2) is 9.78 Å². The number of hydrogen-bond donors (Lipinski definition) is 0. The second-order valence-corrected chi connectivity index (χ2v) is 7.87. The van der Waals surface area contributed by atoms with Crippen molar-refractivity contribution in [3.8, 4) is 5.75 Å². The molecule has 3 aromatic rings. The second kappa shape index (κ2) is 10.4. The first kappa shape index (κ1) is 21.3.